The zero-order valence-corrected chi connectivity index (χ0v) is 14.1. The molecule has 0 saturated heterocycles. The molecule has 23 heavy (non-hydrogen) atoms. The van der Waals surface area contributed by atoms with Gasteiger partial charge in [-0.1, -0.05) is 28.1 Å². The van der Waals surface area contributed by atoms with Gasteiger partial charge in [0.2, 0.25) is 0 Å². The Hall–Kier alpha value is -2.34. The molecule has 2 aromatic carbocycles. The molecule has 0 radical (unpaired) electrons. The van der Waals surface area contributed by atoms with Crippen molar-refractivity contribution < 1.29 is 9.53 Å². The number of hydrogen-bond acceptors (Lipinski definition) is 3. The van der Waals surface area contributed by atoms with Crippen molar-refractivity contribution in [1.82, 2.24) is 15.3 Å². The second-order valence-corrected chi connectivity index (χ2v) is 6.09. The summed E-state index contributed by atoms with van der Waals surface area (Å²) in [5.41, 5.74) is 1.84. The minimum atomic E-state index is -0.219. The van der Waals surface area contributed by atoms with Crippen LogP contribution in [-0.4, -0.2) is 22.5 Å². The molecule has 0 aliphatic carbocycles. The van der Waals surface area contributed by atoms with Crippen molar-refractivity contribution >= 4 is 32.9 Å². The number of para-hydroxylation sites is 2. The lowest BCUT2D eigenvalue weighted by molar-refractivity contribution is -0.123. The standard InChI is InChI=1S/C17H16BrN3O2/c1-11(17-20-14-4-2-3-5-15(14)21-17)19-16(22)10-23-13-8-6-12(18)7-9-13/h2-9,11H,10H2,1H3,(H,19,22)(H,20,21)/t11-/m1/s1. The molecular formula is C17H16BrN3O2. The van der Waals surface area contributed by atoms with Gasteiger partial charge in [-0.25, -0.2) is 4.98 Å². The van der Waals surface area contributed by atoms with Crippen LogP contribution in [0, 0.1) is 0 Å². The molecule has 5 nitrogen and oxygen atoms in total. The van der Waals surface area contributed by atoms with Crippen LogP contribution in [0.15, 0.2) is 53.0 Å². The number of carbonyl (C=O) groups is 1. The van der Waals surface area contributed by atoms with E-state index in [4.69, 9.17) is 4.74 Å². The summed E-state index contributed by atoms with van der Waals surface area (Å²) in [6.07, 6.45) is 0. The van der Waals surface area contributed by atoms with Gasteiger partial charge < -0.3 is 15.0 Å². The first-order chi connectivity index (χ1) is 11.1. The van der Waals surface area contributed by atoms with Gasteiger partial charge in [0.25, 0.3) is 5.91 Å². The Morgan fingerprint density at radius 2 is 2.00 bits per heavy atom. The molecular weight excluding hydrogens is 358 g/mol. The molecule has 3 aromatic rings. The molecule has 1 amide bonds. The van der Waals surface area contributed by atoms with E-state index in [-0.39, 0.29) is 18.6 Å². The molecule has 0 aliphatic rings. The topological polar surface area (TPSA) is 67.0 Å². The fraction of sp³-hybridized carbons (Fsp3) is 0.176. The number of aromatic amines is 1. The third-order valence-corrected chi connectivity index (χ3v) is 3.91. The van der Waals surface area contributed by atoms with Crippen molar-refractivity contribution in [3.63, 3.8) is 0 Å². The normalized spacial score (nSPS) is 12.1. The van der Waals surface area contributed by atoms with Gasteiger partial charge in [0.05, 0.1) is 17.1 Å². The zero-order valence-electron chi connectivity index (χ0n) is 12.5. The van der Waals surface area contributed by atoms with Crippen molar-refractivity contribution in [2.75, 3.05) is 6.61 Å². The zero-order chi connectivity index (χ0) is 16.2. The number of rotatable bonds is 5. The van der Waals surface area contributed by atoms with Crippen LogP contribution in [0.4, 0.5) is 0 Å². The average Bonchev–Trinajstić information content (AvgIpc) is 2.98. The average molecular weight is 374 g/mol. The second-order valence-electron chi connectivity index (χ2n) is 5.17. The SMILES string of the molecule is C[C@@H](NC(=O)COc1ccc(Br)cc1)c1nc2ccccc2[nH]1. The summed E-state index contributed by atoms with van der Waals surface area (Å²) in [5, 5.41) is 2.87. The van der Waals surface area contributed by atoms with Crippen molar-refractivity contribution in [1.29, 1.82) is 0 Å². The van der Waals surface area contributed by atoms with Gasteiger partial charge in [0.15, 0.2) is 6.61 Å². The summed E-state index contributed by atoms with van der Waals surface area (Å²) in [5.74, 6) is 1.18. The third-order valence-electron chi connectivity index (χ3n) is 3.38. The minimum Gasteiger partial charge on any atom is -0.484 e. The molecule has 0 fully saturated rings. The lowest BCUT2D eigenvalue weighted by Crippen LogP contribution is -2.31. The van der Waals surface area contributed by atoms with Gasteiger partial charge >= 0.3 is 0 Å². The van der Waals surface area contributed by atoms with Gasteiger partial charge in [-0.2, -0.15) is 0 Å². The number of nitrogens with zero attached hydrogens (tertiary/aromatic N) is 1. The van der Waals surface area contributed by atoms with Crippen LogP contribution in [0.25, 0.3) is 11.0 Å². The summed E-state index contributed by atoms with van der Waals surface area (Å²) < 4.78 is 6.42. The highest BCUT2D eigenvalue weighted by Gasteiger charge is 2.13. The van der Waals surface area contributed by atoms with Gasteiger partial charge in [0, 0.05) is 4.47 Å². The Balaban J connectivity index is 1.57. The first kappa shape index (κ1) is 15.6. The third kappa shape index (κ3) is 3.90. The van der Waals surface area contributed by atoms with E-state index in [0.717, 1.165) is 21.3 Å². The van der Waals surface area contributed by atoms with Gasteiger partial charge in [-0.15, -0.1) is 0 Å². The van der Waals surface area contributed by atoms with Gasteiger partial charge in [0.1, 0.15) is 11.6 Å². The number of halogens is 1. The molecule has 6 heteroatoms. The molecule has 1 heterocycles. The number of amides is 1. The first-order valence-electron chi connectivity index (χ1n) is 7.24. The molecule has 0 bridgehead atoms. The van der Waals surface area contributed by atoms with Crippen molar-refractivity contribution in [3.05, 3.63) is 58.8 Å². The molecule has 118 valence electrons. The fourth-order valence-electron chi connectivity index (χ4n) is 2.21. The smallest absolute Gasteiger partial charge is 0.258 e. The summed E-state index contributed by atoms with van der Waals surface area (Å²) in [6.45, 7) is 1.85. The summed E-state index contributed by atoms with van der Waals surface area (Å²) in [4.78, 5) is 19.7. The highest BCUT2D eigenvalue weighted by atomic mass is 79.9. The van der Waals surface area contributed by atoms with Crippen molar-refractivity contribution in [2.24, 2.45) is 0 Å². The van der Waals surface area contributed by atoms with Crippen LogP contribution in [0.2, 0.25) is 0 Å². The minimum absolute atomic E-state index is 0.0355. The lowest BCUT2D eigenvalue weighted by Gasteiger charge is -2.12. The fourth-order valence-corrected chi connectivity index (χ4v) is 2.47. The lowest BCUT2D eigenvalue weighted by atomic mass is 10.3. The van der Waals surface area contributed by atoms with Crippen molar-refractivity contribution in [3.8, 4) is 5.75 Å². The molecule has 0 spiro atoms. The highest BCUT2D eigenvalue weighted by molar-refractivity contribution is 9.10. The van der Waals surface area contributed by atoms with Crippen LogP contribution >= 0.6 is 15.9 Å². The maximum absolute atomic E-state index is 12.0. The quantitative estimate of drug-likeness (QED) is 0.718. The van der Waals surface area contributed by atoms with E-state index >= 15 is 0 Å². The van der Waals surface area contributed by atoms with E-state index in [9.17, 15) is 4.79 Å². The molecule has 2 N–H and O–H groups in total. The van der Waals surface area contributed by atoms with Crippen LogP contribution < -0.4 is 10.1 Å². The van der Waals surface area contributed by atoms with E-state index in [2.05, 4.69) is 31.2 Å². The molecule has 1 aromatic heterocycles. The Kier molecular flexibility index (Phi) is 4.62. The highest BCUT2D eigenvalue weighted by Crippen LogP contribution is 2.17. The predicted molar refractivity (Wildman–Crippen MR) is 92.3 cm³/mol. The van der Waals surface area contributed by atoms with Crippen LogP contribution in [0.1, 0.15) is 18.8 Å². The predicted octanol–water partition coefficient (Wildman–Crippen LogP) is 3.58. The number of imidazole rings is 1. The number of H-pyrrole nitrogens is 1. The van der Waals surface area contributed by atoms with Gasteiger partial charge in [-0.3, -0.25) is 4.79 Å². The summed E-state index contributed by atoms with van der Waals surface area (Å²) >= 11 is 3.35. The molecule has 3 rings (SSSR count). The second kappa shape index (κ2) is 6.83. The first-order valence-corrected chi connectivity index (χ1v) is 8.03. The van der Waals surface area contributed by atoms with Crippen LogP contribution in [0.5, 0.6) is 5.75 Å². The molecule has 0 aliphatic heterocycles. The number of ether oxygens (including phenoxy) is 1. The van der Waals surface area contributed by atoms with Crippen molar-refractivity contribution in [2.45, 2.75) is 13.0 Å². The van der Waals surface area contributed by atoms with E-state index in [1.807, 2.05) is 43.3 Å². The molecule has 0 unspecified atom stereocenters. The monoisotopic (exact) mass is 373 g/mol. The summed E-state index contributed by atoms with van der Waals surface area (Å²) in [6, 6.07) is 14.9. The van der Waals surface area contributed by atoms with Crippen LogP contribution in [0.3, 0.4) is 0 Å². The number of fused-ring (bicyclic) bond motifs is 1. The Labute approximate surface area is 142 Å². The number of benzene rings is 2. The van der Waals surface area contributed by atoms with E-state index in [1.54, 1.807) is 12.1 Å². The van der Waals surface area contributed by atoms with E-state index < -0.39 is 0 Å². The Bertz CT molecular complexity index is 781. The number of carbonyl (C=O) groups excluding carboxylic acids is 1. The Morgan fingerprint density at radius 3 is 2.74 bits per heavy atom. The van der Waals surface area contributed by atoms with Gasteiger partial charge in [-0.05, 0) is 43.3 Å². The summed E-state index contributed by atoms with van der Waals surface area (Å²) in [7, 11) is 0. The number of hydrogen-bond donors (Lipinski definition) is 2. The molecule has 0 saturated carbocycles. The van der Waals surface area contributed by atoms with E-state index in [0.29, 0.717) is 5.75 Å². The number of aromatic nitrogens is 2. The largest absolute Gasteiger partial charge is 0.484 e. The van der Waals surface area contributed by atoms with Crippen LogP contribution in [-0.2, 0) is 4.79 Å². The maximum atomic E-state index is 12.0. The van der Waals surface area contributed by atoms with E-state index in [1.165, 1.54) is 0 Å². The molecule has 1 atom stereocenters. The Morgan fingerprint density at radius 1 is 1.26 bits per heavy atom. The number of nitrogens with one attached hydrogen (secondary N) is 2. The maximum Gasteiger partial charge on any atom is 0.258 e.